The largest absolute Gasteiger partial charge is 0.481 e. The van der Waals surface area contributed by atoms with Crippen molar-refractivity contribution < 1.29 is 14.3 Å². The molecule has 0 unspecified atom stereocenters. The zero-order valence-electron chi connectivity index (χ0n) is 13.9. The summed E-state index contributed by atoms with van der Waals surface area (Å²) < 4.78 is 6.79. The van der Waals surface area contributed by atoms with Gasteiger partial charge in [0.1, 0.15) is 0 Å². The zero-order valence-corrected chi connectivity index (χ0v) is 13.9. The van der Waals surface area contributed by atoms with Gasteiger partial charge in [-0.3, -0.25) is 14.3 Å². The van der Waals surface area contributed by atoms with E-state index in [4.69, 9.17) is 4.74 Å². The van der Waals surface area contributed by atoms with Gasteiger partial charge in [-0.1, -0.05) is 0 Å². The zero-order chi connectivity index (χ0) is 17.3. The van der Waals surface area contributed by atoms with E-state index in [0.29, 0.717) is 36.8 Å². The predicted octanol–water partition coefficient (Wildman–Crippen LogP) is 0.644. The molecule has 0 N–H and O–H groups in total. The number of ether oxygens (including phenoxy) is 1. The summed E-state index contributed by atoms with van der Waals surface area (Å²) in [6, 6.07) is 5.10. The second kappa shape index (κ2) is 6.31. The fourth-order valence-corrected chi connectivity index (χ4v) is 2.58. The molecular formula is C16H19N5O3. The van der Waals surface area contributed by atoms with Gasteiger partial charge in [0.25, 0.3) is 11.8 Å². The summed E-state index contributed by atoms with van der Waals surface area (Å²) in [5, 5.41) is 4.32. The first-order valence-electron chi connectivity index (χ1n) is 7.57. The molecule has 0 fully saturated rings. The monoisotopic (exact) mass is 329 g/mol. The molecule has 8 nitrogen and oxygen atoms in total. The van der Waals surface area contributed by atoms with Gasteiger partial charge < -0.3 is 14.5 Å². The van der Waals surface area contributed by atoms with Crippen molar-refractivity contribution in [1.29, 1.82) is 0 Å². The van der Waals surface area contributed by atoms with E-state index in [1.54, 1.807) is 41.9 Å². The van der Waals surface area contributed by atoms with Crippen LogP contribution in [0.3, 0.4) is 0 Å². The quantitative estimate of drug-likeness (QED) is 0.826. The lowest BCUT2D eigenvalue weighted by Gasteiger charge is -2.27. The Labute approximate surface area is 139 Å². The molecule has 2 aromatic rings. The number of hydrogen-bond acceptors (Lipinski definition) is 5. The van der Waals surface area contributed by atoms with Crippen molar-refractivity contribution >= 4 is 11.8 Å². The van der Waals surface area contributed by atoms with Gasteiger partial charge in [-0.05, 0) is 12.1 Å². The predicted molar refractivity (Wildman–Crippen MR) is 85.8 cm³/mol. The third-order valence-corrected chi connectivity index (χ3v) is 3.90. The maximum Gasteiger partial charge on any atom is 0.273 e. The Morgan fingerprint density at radius 1 is 1.25 bits per heavy atom. The van der Waals surface area contributed by atoms with Crippen LogP contribution in [0.25, 0.3) is 0 Å². The first kappa shape index (κ1) is 16.0. The highest BCUT2D eigenvalue weighted by atomic mass is 16.5. The molecule has 8 heteroatoms. The van der Waals surface area contributed by atoms with E-state index < -0.39 is 0 Å². The SMILES string of the molecule is COc1ccc(C(=O)N2CCn3nc(C(=O)N(C)C)cc3C2)cn1. The van der Waals surface area contributed by atoms with Crippen LogP contribution in [0.5, 0.6) is 5.88 Å². The van der Waals surface area contributed by atoms with E-state index in [1.165, 1.54) is 18.2 Å². The smallest absolute Gasteiger partial charge is 0.273 e. The van der Waals surface area contributed by atoms with Crippen molar-refractivity contribution in [3.05, 3.63) is 41.3 Å². The molecule has 24 heavy (non-hydrogen) atoms. The van der Waals surface area contributed by atoms with Crippen LogP contribution in [0.2, 0.25) is 0 Å². The van der Waals surface area contributed by atoms with Gasteiger partial charge >= 0.3 is 0 Å². The Kier molecular flexibility index (Phi) is 4.20. The van der Waals surface area contributed by atoms with Gasteiger partial charge in [0.15, 0.2) is 5.69 Å². The minimum Gasteiger partial charge on any atom is -0.481 e. The molecule has 3 rings (SSSR count). The number of aromatic nitrogens is 3. The van der Waals surface area contributed by atoms with Gasteiger partial charge in [-0.15, -0.1) is 0 Å². The van der Waals surface area contributed by atoms with Gasteiger partial charge in [-0.2, -0.15) is 5.10 Å². The Hall–Kier alpha value is -2.90. The van der Waals surface area contributed by atoms with Crippen LogP contribution in [0.15, 0.2) is 24.4 Å². The molecule has 2 aromatic heterocycles. The summed E-state index contributed by atoms with van der Waals surface area (Å²) in [7, 11) is 4.91. The standard InChI is InChI=1S/C16H19N5O3/c1-19(2)16(23)13-8-12-10-20(6-7-21(12)18-13)15(22)11-4-5-14(24-3)17-9-11/h4-5,8-9H,6-7,10H2,1-3H3. The molecule has 1 aliphatic heterocycles. The molecule has 3 heterocycles. The summed E-state index contributed by atoms with van der Waals surface area (Å²) in [6.07, 6.45) is 1.51. The highest BCUT2D eigenvalue weighted by Gasteiger charge is 2.25. The topological polar surface area (TPSA) is 80.6 Å². The molecule has 0 aromatic carbocycles. The normalized spacial score (nSPS) is 13.4. The maximum atomic E-state index is 12.6. The fraction of sp³-hybridized carbons (Fsp3) is 0.375. The Bertz CT molecular complexity index is 767. The van der Waals surface area contributed by atoms with E-state index in [2.05, 4.69) is 10.1 Å². The van der Waals surface area contributed by atoms with Crippen molar-refractivity contribution in [2.75, 3.05) is 27.7 Å². The molecule has 0 aliphatic carbocycles. The van der Waals surface area contributed by atoms with Gasteiger partial charge in [0.05, 0.1) is 31.5 Å². The van der Waals surface area contributed by atoms with Crippen LogP contribution < -0.4 is 4.74 Å². The molecule has 0 radical (unpaired) electrons. The van der Waals surface area contributed by atoms with Crippen LogP contribution >= 0.6 is 0 Å². The Morgan fingerprint density at radius 2 is 2.04 bits per heavy atom. The molecule has 0 atom stereocenters. The highest BCUT2D eigenvalue weighted by Crippen LogP contribution is 2.17. The van der Waals surface area contributed by atoms with Crippen LogP contribution in [-0.4, -0.2) is 64.1 Å². The van der Waals surface area contributed by atoms with Crippen molar-refractivity contribution in [3.63, 3.8) is 0 Å². The first-order valence-corrected chi connectivity index (χ1v) is 7.57. The van der Waals surface area contributed by atoms with Gasteiger partial charge in [0.2, 0.25) is 5.88 Å². The lowest BCUT2D eigenvalue weighted by atomic mass is 10.2. The molecule has 1 aliphatic rings. The molecular weight excluding hydrogens is 310 g/mol. The van der Waals surface area contributed by atoms with Crippen LogP contribution in [-0.2, 0) is 13.1 Å². The average Bonchev–Trinajstić information content (AvgIpc) is 3.03. The lowest BCUT2D eigenvalue weighted by molar-refractivity contribution is 0.0704. The number of carbonyl (C=O) groups excluding carboxylic acids is 2. The van der Waals surface area contributed by atoms with E-state index in [0.717, 1.165) is 5.69 Å². The van der Waals surface area contributed by atoms with E-state index >= 15 is 0 Å². The Balaban J connectivity index is 1.76. The van der Waals surface area contributed by atoms with Crippen molar-refractivity contribution in [3.8, 4) is 5.88 Å². The molecule has 2 amide bonds. The number of pyridine rings is 1. The second-order valence-corrected chi connectivity index (χ2v) is 5.76. The van der Waals surface area contributed by atoms with E-state index in [1.807, 2.05) is 0 Å². The number of rotatable bonds is 3. The van der Waals surface area contributed by atoms with Gasteiger partial charge in [0, 0.05) is 32.9 Å². The molecule has 0 saturated heterocycles. The fourth-order valence-electron chi connectivity index (χ4n) is 2.58. The summed E-state index contributed by atoms with van der Waals surface area (Å²) >= 11 is 0. The highest BCUT2D eigenvalue weighted by molar-refractivity contribution is 5.94. The van der Waals surface area contributed by atoms with Gasteiger partial charge in [-0.25, -0.2) is 4.98 Å². The average molecular weight is 329 g/mol. The molecule has 0 spiro atoms. The molecule has 126 valence electrons. The number of nitrogens with zero attached hydrogens (tertiary/aromatic N) is 5. The third kappa shape index (κ3) is 2.94. The number of carbonyl (C=O) groups is 2. The van der Waals surface area contributed by atoms with E-state index in [-0.39, 0.29) is 11.8 Å². The van der Waals surface area contributed by atoms with Crippen molar-refractivity contribution in [1.82, 2.24) is 24.6 Å². The summed E-state index contributed by atoms with van der Waals surface area (Å²) in [5.74, 6) is 0.224. The number of amides is 2. The summed E-state index contributed by atoms with van der Waals surface area (Å²) in [5.41, 5.74) is 1.75. The first-order chi connectivity index (χ1) is 11.5. The number of fused-ring (bicyclic) bond motifs is 1. The van der Waals surface area contributed by atoms with Crippen LogP contribution in [0.1, 0.15) is 26.5 Å². The third-order valence-electron chi connectivity index (χ3n) is 3.90. The van der Waals surface area contributed by atoms with Crippen LogP contribution in [0, 0.1) is 0 Å². The minimum atomic E-state index is -0.144. The number of hydrogen-bond donors (Lipinski definition) is 0. The van der Waals surface area contributed by atoms with Crippen molar-refractivity contribution in [2.24, 2.45) is 0 Å². The maximum absolute atomic E-state index is 12.6. The minimum absolute atomic E-state index is 0.0990. The van der Waals surface area contributed by atoms with Crippen LogP contribution in [0.4, 0.5) is 0 Å². The summed E-state index contributed by atoms with van der Waals surface area (Å²) in [4.78, 5) is 31.9. The summed E-state index contributed by atoms with van der Waals surface area (Å²) in [6.45, 7) is 1.51. The van der Waals surface area contributed by atoms with E-state index in [9.17, 15) is 9.59 Å². The van der Waals surface area contributed by atoms with Crippen molar-refractivity contribution in [2.45, 2.75) is 13.1 Å². The molecule has 0 bridgehead atoms. The molecule has 0 saturated carbocycles. The second-order valence-electron chi connectivity index (χ2n) is 5.76. The number of methoxy groups -OCH3 is 1. The Morgan fingerprint density at radius 3 is 2.67 bits per heavy atom. The lowest BCUT2D eigenvalue weighted by Crippen LogP contribution is -2.38.